The monoisotopic (exact) mass is 277 g/mol. The number of aromatic carboxylic acids is 1. The van der Waals surface area contributed by atoms with Crippen molar-refractivity contribution < 1.29 is 20.1 Å². The third-order valence-electron chi connectivity index (χ3n) is 3.09. The van der Waals surface area contributed by atoms with Gasteiger partial charge in [0, 0.05) is 5.39 Å². The van der Waals surface area contributed by atoms with Crippen molar-refractivity contribution in [2.75, 3.05) is 6.61 Å². The number of hydrogen-bond acceptors (Lipinski definition) is 4. The molecule has 20 heavy (non-hydrogen) atoms. The molecular weight excluding hydrogens is 262 g/mol. The third-order valence-corrected chi connectivity index (χ3v) is 3.09. The van der Waals surface area contributed by atoms with Gasteiger partial charge in [-0.15, -0.1) is 0 Å². The molecule has 6 nitrogen and oxygen atoms in total. The lowest BCUT2D eigenvalue weighted by molar-refractivity contribution is 0.0649. The minimum Gasteiger partial charge on any atom is -0.477 e. The van der Waals surface area contributed by atoms with Crippen molar-refractivity contribution in [2.24, 2.45) is 0 Å². The van der Waals surface area contributed by atoms with Crippen LogP contribution in [0.25, 0.3) is 10.8 Å². The van der Waals surface area contributed by atoms with Crippen molar-refractivity contribution in [1.82, 2.24) is 4.57 Å². The highest BCUT2D eigenvalue weighted by atomic mass is 16.4. The van der Waals surface area contributed by atoms with Crippen LogP contribution in [0, 0.1) is 6.92 Å². The summed E-state index contributed by atoms with van der Waals surface area (Å²) in [4.78, 5) is 23.6. The van der Waals surface area contributed by atoms with Gasteiger partial charge < -0.3 is 15.3 Å². The molecule has 1 unspecified atom stereocenters. The Morgan fingerprint density at radius 1 is 1.35 bits per heavy atom. The zero-order valence-electron chi connectivity index (χ0n) is 10.9. The summed E-state index contributed by atoms with van der Waals surface area (Å²) in [6, 6.07) is 6.52. The average Bonchev–Trinajstić information content (AvgIpc) is 2.40. The molecule has 0 radical (unpaired) electrons. The van der Waals surface area contributed by atoms with Crippen LogP contribution in [0.5, 0.6) is 0 Å². The molecule has 0 bridgehead atoms. The number of benzene rings is 1. The average molecular weight is 277 g/mol. The highest BCUT2D eigenvalue weighted by molar-refractivity contribution is 5.92. The normalized spacial score (nSPS) is 12.6. The van der Waals surface area contributed by atoms with Crippen LogP contribution < -0.4 is 5.56 Å². The Balaban J connectivity index is 2.74. The molecule has 0 aliphatic carbocycles. The van der Waals surface area contributed by atoms with Crippen molar-refractivity contribution in [3.05, 3.63) is 45.9 Å². The maximum absolute atomic E-state index is 12.3. The van der Waals surface area contributed by atoms with Crippen LogP contribution in [0.4, 0.5) is 0 Å². The number of pyridine rings is 1. The molecule has 1 heterocycles. The summed E-state index contributed by atoms with van der Waals surface area (Å²) in [5.41, 5.74) is 0.217. The van der Waals surface area contributed by atoms with Gasteiger partial charge in [0.1, 0.15) is 5.69 Å². The molecule has 2 rings (SSSR count). The first kappa shape index (κ1) is 14.2. The van der Waals surface area contributed by atoms with E-state index in [2.05, 4.69) is 0 Å². The van der Waals surface area contributed by atoms with Crippen LogP contribution in [0.15, 0.2) is 29.1 Å². The van der Waals surface area contributed by atoms with Crippen LogP contribution in [-0.4, -0.2) is 38.6 Å². The molecule has 1 aromatic heterocycles. The summed E-state index contributed by atoms with van der Waals surface area (Å²) in [5, 5.41) is 28.4. The molecule has 0 aliphatic heterocycles. The van der Waals surface area contributed by atoms with E-state index < -0.39 is 24.2 Å². The van der Waals surface area contributed by atoms with Crippen molar-refractivity contribution in [1.29, 1.82) is 0 Å². The second-order valence-corrected chi connectivity index (χ2v) is 4.68. The van der Waals surface area contributed by atoms with E-state index in [0.29, 0.717) is 10.8 Å². The Hall–Kier alpha value is -2.18. The molecule has 0 amide bonds. The predicted molar refractivity (Wildman–Crippen MR) is 73.0 cm³/mol. The maximum atomic E-state index is 12.3. The highest BCUT2D eigenvalue weighted by Crippen LogP contribution is 2.15. The lowest BCUT2D eigenvalue weighted by Crippen LogP contribution is -2.32. The molecule has 0 aliphatic rings. The fourth-order valence-corrected chi connectivity index (χ4v) is 2.10. The molecule has 1 atom stereocenters. The molecule has 6 heteroatoms. The maximum Gasteiger partial charge on any atom is 0.352 e. The van der Waals surface area contributed by atoms with Crippen molar-refractivity contribution in [3.63, 3.8) is 0 Å². The number of nitrogens with zero attached hydrogens (tertiary/aromatic N) is 1. The summed E-state index contributed by atoms with van der Waals surface area (Å²) in [7, 11) is 0. The SMILES string of the molecule is Cc1ccc2c(=O)n(CC(O)CO)c(C(=O)O)cc2c1. The summed E-state index contributed by atoms with van der Waals surface area (Å²) < 4.78 is 0.973. The standard InChI is InChI=1S/C14H15NO5/c1-8-2-3-11-9(4-8)5-12(14(19)20)15(13(11)18)6-10(17)7-16/h2-5,10,16-17H,6-7H2,1H3,(H,19,20). The molecule has 0 fully saturated rings. The minimum atomic E-state index is -1.25. The first-order chi connectivity index (χ1) is 9.43. The number of carbonyl (C=O) groups is 1. The van der Waals surface area contributed by atoms with Crippen molar-refractivity contribution in [2.45, 2.75) is 19.6 Å². The molecule has 1 aromatic carbocycles. The number of aromatic nitrogens is 1. The van der Waals surface area contributed by atoms with E-state index in [-0.39, 0.29) is 12.2 Å². The Kier molecular flexibility index (Phi) is 3.87. The Morgan fingerprint density at radius 3 is 2.65 bits per heavy atom. The van der Waals surface area contributed by atoms with E-state index in [1.165, 1.54) is 6.07 Å². The number of fused-ring (bicyclic) bond motifs is 1. The summed E-state index contributed by atoms with van der Waals surface area (Å²) >= 11 is 0. The van der Waals surface area contributed by atoms with Gasteiger partial charge in [-0.05, 0) is 24.4 Å². The second-order valence-electron chi connectivity index (χ2n) is 4.68. The van der Waals surface area contributed by atoms with Crippen LogP contribution >= 0.6 is 0 Å². The topological polar surface area (TPSA) is 99.8 Å². The van der Waals surface area contributed by atoms with Gasteiger partial charge in [-0.2, -0.15) is 0 Å². The summed E-state index contributed by atoms with van der Waals surface area (Å²) in [6.07, 6.45) is -1.19. The predicted octanol–water partition coefficient (Wildman–Crippen LogP) is 0.361. The highest BCUT2D eigenvalue weighted by Gasteiger charge is 2.17. The van der Waals surface area contributed by atoms with E-state index in [0.717, 1.165) is 10.1 Å². The number of carboxylic acids is 1. The number of aryl methyl sites for hydroxylation is 1. The quantitative estimate of drug-likeness (QED) is 0.749. The van der Waals surface area contributed by atoms with Gasteiger partial charge >= 0.3 is 5.97 Å². The number of hydrogen-bond donors (Lipinski definition) is 3. The molecule has 0 saturated heterocycles. The second kappa shape index (κ2) is 5.44. The summed E-state index contributed by atoms with van der Waals surface area (Å²) in [6.45, 7) is 1.04. The molecule has 0 saturated carbocycles. The first-order valence-corrected chi connectivity index (χ1v) is 6.10. The number of rotatable bonds is 4. The van der Waals surface area contributed by atoms with Crippen LogP contribution in [0.3, 0.4) is 0 Å². The van der Waals surface area contributed by atoms with Crippen molar-refractivity contribution in [3.8, 4) is 0 Å². The number of aliphatic hydroxyl groups excluding tert-OH is 2. The first-order valence-electron chi connectivity index (χ1n) is 6.10. The lowest BCUT2D eigenvalue weighted by Gasteiger charge is -2.14. The van der Waals surface area contributed by atoms with Gasteiger partial charge in [-0.1, -0.05) is 17.7 Å². The van der Waals surface area contributed by atoms with Gasteiger partial charge in [0.15, 0.2) is 0 Å². The molecule has 0 spiro atoms. The van der Waals surface area contributed by atoms with Crippen LogP contribution in [0.2, 0.25) is 0 Å². The smallest absolute Gasteiger partial charge is 0.352 e. The van der Waals surface area contributed by atoms with E-state index in [9.17, 15) is 19.8 Å². The Labute approximate surface area is 114 Å². The Morgan fingerprint density at radius 2 is 2.05 bits per heavy atom. The van der Waals surface area contributed by atoms with E-state index >= 15 is 0 Å². The van der Waals surface area contributed by atoms with Gasteiger partial charge in [0.2, 0.25) is 0 Å². The van der Waals surface area contributed by atoms with Gasteiger partial charge in [-0.25, -0.2) is 4.79 Å². The van der Waals surface area contributed by atoms with E-state index in [1.807, 2.05) is 6.92 Å². The lowest BCUT2D eigenvalue weighted by atomic mass is 10.1. The zero-order chi connectivity index (χ0) is 14.9. The number of carboxylic acid groups (broad SMARTS) is 1. The molecule has 3 N–H and O–H groups in total. The van der Waals surface area contributed by atoms with Crippen molar-refractivity contribution >= 4 is 16.7 Å². The molecule has 106 valence electrons. The minimum absolute atomic E-state index is 0.208. The van der Waals surface area contributed by atoms with Gasteiger partial charge in [0.25, 0.3) is 5.56 Å². The van der Waals surface area contributed by atoms with Gasteiger partial charge in [0.05, 0.1) is 19.3 Å². The van der Waals surface area contributed by atoms with E-state index in [4.69, 9.17) is 5.11 Å². The molecule has 2 aromatic rings. The Bertz CT molecular complexity index is 719. The number of aliphatic hydroxyl groups is 2. The molecular formula is C14H15NO5. The fourth-order valence-electron chi connectivity index (χ4n) is 2.10. The van der Waals surface area contributed by atoms with Gasteiger partial charge in [-0.3, -0.25) is 9.36 Å². The van der Waals surface area contributed by atoms with Crippen LogP contribution in [-0.2, 0) is 6.54 Å². The summed E-state index contributed by atoms with van der Waals surface area (Å²) in [5.74, 6) is -1.25. The zero-order valence-corrected chi connectivity index (χ0v) is 10.9. The third kappa shape index (κ3) is 2.56. The largest absolute Gasteiger partial charge is 0.477 e. The fraction of sp³-hybridized carbons (Fsp3) is 0.286. The van der Waals surface area contributed by atoms with Crippen LogP contribution in [0.1, 0.15) is 16.1 Å². The van der Waals surface area contributed by atoms with E-state index in [1.54, 1.807) is 18.2 Å².